The fourth-order valence-electron chi connectivity index (χ4n) is 1.01. The lowest BCUT2D eigenvalue weighted by molar-refractivity contribution is -0.384. The van der Waals surface area contributed by atoms with E-state index in [4.69, 9.17) is 15.2 Å². The van der Waals surface area contributed by atoms with Crippen molar-refractivity contribution in [1.29, 1.82) is 0 Å². The highest BCUT2D eigenvalue weighted by atomic mass is 16.6. The molecule has 0 unspecified atom stereocenters. The Hall–Kier alpha value is -1.82. The number of benzene rings is 1. The van der Waals surface area contributed by atoms with Crippen LogP contribution in [-0.2, 0) is 4.74 Å². The van der Waals surface area contributed by atoms with Crippen molar-refractivity contribution in [2.45, 2.75) is 0 Å². The van der Waals surface area contributed by atoms with Gasteiger partial charge in [-0.2, -0.15) is 0 Å². The molecule has 0 aliphatic rings. The summed E-state index contributed by atoms with van der Waals surface area (Å²) in [4.78, 5) is 10.0. The molecule has 1 aromatic rings. The van der Waals surface area contributed by atoms with Crippen LogP contribution in [0.3, 0.4) is 0 Å². The van der Waals surface area contributed by atoms with Gasteiger partial charge in [-0.25, -0.2) is 0 Å². The van der Waals surface area contributed by atoms with E-state index in [1.807, 2.05) is 0 Å². The summed E-state index contributed by atoms with van der Waals surface area (Å²) in [7, 11) is 1.55. The van der Waals surface area contributed by atoms with Gasteiger partial charge in [-0.15, -0.1) is 0 Å². The number of nitro benzene ring substituents is 1. The molecular formula is C9H12N2O4. The van der Waals surface area contributed by atoms with Crippen molar-refractivity contribution >= 4 is 11.4 Å². The molecule has 0 amide bonds. The molecule has 0 spiro atoms. The first kappa shape index (κ1) is 11.3. The summed E-state index contributed by atoms with van der Waals surface area (Å²) < 4.78 is 9.99. The van der Waals surface area contributed by atoms with Crippen molar-refractivity contribution in [3.05, 3.63) is 28.3 Å². The van der Waals surface area contributed by atoms with Gasteiger partial charge in [-0.3, -0.25) is 10.1 Å². The maximum Gasteiger partial charge on any atom is 0.295 e. The van der Waals surface area contributed by atoms with Gasteiger partial charge in [0, 0.05) is 7.11 Å². The van der Waals surface area contributed by atoms with Crippen molar-refractivity contribution in [1.82, 2.24) is 0 Å². The third kappa shape index (κ3) is 3.10. The van der Waals surface area contributed by atoms with Gasteiger partial charge in [-0.1, -0.05) is 0 Å². The molecule has 82 valence electrons. The van der Waals surface area contributed by atoms with Gasteiger partial charge >= 0.3 is 0 Å². The highest BCUT2D eigenvalue weighted by molar-refractivity contribution is 5.60. The first-order valence-electron chi connectivity index (χ1n) is 4.31. The molecule has 2 N–H and O–H groups in total. The minimum absolute atomic E-state index is 0.124. The molecule has 0 saturated carbocycles. The Morgan fingerprint density at radius 1 is 1.47 bits per heavy atom. The van der Waals surface area contributed by atoms with E-state index in [-0.39, 0.29) is 11.4 Å². The van der Waals surface area contributed by atoms with E-state index in [1.165, 1.54) is 12.1 Å². The molecule has 6 heteroatoms. The first-order chi connectivity index (χ1) is 7.15. The monoisotopic (exact) mass is 212 g/mol. The minimum Gasteiger partial charge on any atom is -0.491 e. The molecule has 15 heavy (non-hydrogen) atoms. The van der Waals surface area contributed by atoms with Crippen LogP contribution in [0.1, 0.15) is 0 Å². The zero-order chi connectivity index (χ0) is 11.3. The summed E-state index contributed by atoms with van der Waals surface area (Å²) >= 11 is 0. The number of rotatable bonds is 5. The van der Waals surface area contributed by atoms with E-state index in [1.54, 1.807) is 13.2 Å². The maximum atomic E-state index is 10.5. The number of ether oxygens (including phenoxy) is 2. The molecule has 1 rings (SSSR count). The number of anilines is 1. The van der Waals surface area contributed by atoms with Crippen LogP contribution in [0.4, 0.5) is 11.4 Å². The predicted octanol–water partition coefficient (Wildman–Crippen LogP) is 1.20. The van der Waals surface area contributed by atoms with Crippen molar-refractivity contribution in [3.63, 3.8) is 0 Å². The second-order valence-electron chi connectivity index (χ2n) is 2.82. The molecule has 0 radical (unpaired) electrons. The quantitative estimate of drug-likeness (QED) is 0.343. The topological polar surface area (TPSA) is 87.6 Å². The van der Waals surface area contributed by atoms with Gasteiger partial charge in [0.25, 0.3) is 5.69 Å². The largest absolute Gasteiger partial charge is 0.491 e. The number of nitrogens with two attached hydrogens (primary N) is 1. The molecule has 0 heterocycles. The fraction of sp³-hybridized carbons (Fsp3) is 0.333. The van der Waals surface area contributed by atoms with E-state index in [0.717, 1.165) is 0 Å². The highest BCUT2D eigenvalue weighted by Crippen LogP contribution is 2.26. The lowest BCUT2D eigenvalue weighted by atomic mass is 10.2. The van der Waals surface area contributed by atoms with Crippen molar-refractivity contribution in [2.24, 2.45) is 0 Å². The van der Waals surface area contributed by atoms with Crippen LogP contribution in [0.15, 0.2) is 18.2 Å². The third-order valence-electron chi connectivity index (χ3n) is 1.75. The molecule has 1 aromatic carbocycles. The lowest BCUT2D eigenvalue weighted by Crippen LogP contribution is -2.05. The average molecular weight is 212 g/mol. The SMILES string of the molecule is COCCOc1ccc(N)c([N+](=O)[O-])c1. The third-order valence-corrected chi connectivity index (χ3v) is 1.75. The van der Waals surface area contributed by atoms with Crippen LogP contribution in [0.25, 0.3) is 0 Å². The normalized spacial score (nSPS) is 9.93. The summed E-state index contributed by atoms with van der Waals surface area (Å²) in [5, 5.41) is 10.5. The molecule has 6 nitrogen and oxygen atoms in total. The molecular weight excluding hydrogens is 200 g/mol. The van der Waals surface area contributed by atoms with Crippen LogP contribution in [0, 0.1) is 10.1 Å². The number of hydrogen-bond donors (Lipinski definition) is 1. The Kier molecular flexibility index (Phi) is 3.87. The summed E-state index contributed by atoms with van der Waals surface area (Å²) in [6, 6.07) is 4.32. The number of nitro groups is 1. The second-order valence-corrected chi connectivity index (χ2v) is 2.82. The summed E-state index contributed by atoms with van der Waals surface area (Å²) in [6.07, 6.45) is 0. The predicted molar refractivity (Wildman–Crippen MR) is 54.9 cm³/mol. The van der Waals surface area contributed by atoms with Gasteiger partial charge in [0.1, 0.15) is 18.0 Å². The zero-order valence-electron chi connectivity index (χ0n) is 8.30. The van der Waals surface area contributed by atoms with E-state index in [9.17, 15) is 10.1 Å². The number of nitrogen functional groups attached to an aromatic ring is 1. The zero-order valence-corrected chi connectivity index (χ0v) is 8.30. The maximum absolute atomic E-state index is 10.5. The van der Waals surface area contributed by atoms with Crippen molar-refractivity contribution < 1.29 is 14.4 Å². The standard InChI is InChI=1S/C9H12N2O4/c1-14-4-5-15-7-2-3-8(10)9(6-7)11(12)13/h2-3,6H,4-5,10H2,1H3. The van der Waals surface area contributed by atoms with Gasteiger partial charge in [0.2, 0.25) is 0 Å². The molecule has 0 atom stereocenters. The molecule has 0 saturated heterocycles. The van der Waals surface area contributed by atoms with Crippen LogP contribution >= 0.6 is 0 Å². The molecule has 0 fully saturated rings. The van der Waals surface area contributed by atoms with E-state index >= 15 is 0 Å². The van der Waals surface area contributed by atoms with Crippen LogP contribution in [0.5, 0.6) is 5.75 Å². The van der Waals surface area contributed by atoms with E-state index in [0.29, 0.717) is 19.0 Å². The summed E-state index contributed by atoms with van der Waals surface area (Å²) in [5.41, 5.74) is 5.40. The Bertz CT molecular complexity index is 354. The summed E-state index contributed by atoms with van der Waals surface area (Å²) in [6.45, 7) is 0.774. The Morgan fingerprint density at radius 3 is 2.80 bits per heavy atom. The van der Waals surface area contributed by atoms with Gasteiger partial charge in [-0.05, 0) is 12.1 Å². The first-order valence-corrected chi connectivity index (χ1v) is 4.31. The van der Waals surface area contributed by atoms with Gasteiger partial charge in [0.15, 0.2) is 0 Å². The fourth-order valence-corrected chi connectivity index (χ4v) is 1.01. The number of hydrogen-bond acceptors (Lipinski definition) is 5. The number of nitrogens with zero attached hydrogens (tertiary/aromatic N) is 1. The average Bonchev–Trinajstić information content (AvgIpc) is 2.20. The van der Waals surface area contributed by atoms with Crippen molar-refractivity contribution in [2.75, 3.05) is 26.1 Å². The molecule has 0 aliphatic carbocycles. The van der Waals surface area contributed by atoms with Gasteiger partial charge in [0.05, 0.1) is 17.6 Å². The Morgan fingerprint density at radius 2 is 2.20 bits per heavy atom. The Balaban J connectivity index is 2.74. The molecule has 0 bridgehead atoms. The van der Waals surface area contributed by atoms with E-state index in [2.05, 4.69) is 0 Å². The number of methoxy groups -OCH3 is 1. The van der Waals surface area contributed by atoms with Crippen LogP contribution in [-0.4, -0.2) is 25.2 Å². The second kappa shape index (κ2) is 5.16. The lowest BCUT2D eigenvalue weighted by Gasteiger charge is -2.05. The van der Waals surface area contributed by atoms with Crippen molar-refractivity contribution in [3.8, 4) is 5.75 Å². The smallest absolute Gasteiger partial charge is 0.295 e. The minimum atomic E-state index is -0.543. The van der Waals surface area contributed by atoms with Crippen LogP contribution in [0.2, 0.25) is 0 Å². The molecule has 0 aliphatic heterocycles. The molecule has 0 aromatic heterocycles. The Labute approximate surface area is 86.7 Å². The highest BCUT2D eigenvalue weighted by Gasteiger charge is 2.12. The summed E-state index contributed by atoms with van der Waals surface area (Å²) in [5.74, 6) is 0.410. The van der Waals surface area contributed by atoms with Gasteiger partial charge < -0.3 is 15.2 Å². The van der Waals surface area contributed by atoms with Crippen LogP contribution < -0.4 is 10.5 Å². The van der Waals surface area contributed by atoms with E-state index < -0.39 is 4.92 Å².